The van der Waals surface area contributed by atoms with Gasteiger partial charge in [0.05, 0.1) is 25.4 Å². The van der Waals surface area contributed by atoms with Crippen molar-refractivity contribution < 1.29 is 23.8 Å². The molecule has 2 saturated heterocycles. The van der Waals surface area contributed by atoms with Crippen LogP contribution in [0.1, 0.15) is 46.0 Å². The lowest BCUT2D eigenvalue weighted by molar-refractivity contribution is -0.239. The largest absolute Gasteiger partial charge is 0.366 e. The monoisotopic (exact) mass is 387 g/mol. The van der Waals surface area contributed by atoms with Gasteiger partial charge in [0.1, 0.15) is 11.9 Å². The lowest BCUT2D eigenvalue weighted by atomic mass is 9.46. The molecule has 1 N–H and O–H groups in total. The average Bonchev–Trinajstić information content (AvgIpc) is 3.25. The minimum absolute atomic E-state index is 0.00862. The highest BCUT2D eigenvalue weighted by atomic mass is 16.7. The molecule has 0 aromatic carbocycles. The number of ketones is 1. The van der Waals surface area contributed by atoms with Crippen molar-refractivity contribution in [1.29, 1.82) is 0 Å². The number of epoxide rings is 1. The fourth-order valence-corrected chi connectivity index (χ4v) is 8.03. The lowest BCUT2D eigenvalue weighted by Crippen LogP contribution is -2.60. The van der Waals surface area contributed by atoms with Gasteiger partial charge in [0.15, 0.2) is 5.79 Å². The van der Waals surface area contributed by atoms with E-state index in [1.807, 2.05) is 0 Å². The standard InChI is InChI=1S/C22H29NO5/c1-20-10-16(25)17-13(14(20)5-6-22(20)26-7-8-27-22)4-3-12-9-15(23-11-24)18-19(28-18)21(12,17)2/h9,11,13-15,17-19H,3-8,10H2,1-2H3,(H,23,24)/t13-,14-,15-,17+,18-,19-,20?,21?/m0/s1. The Kier molecular flexibility index (Phi) is 3.44. The second-order valence-corrected chi connectivity index (χ2v) is 10.1. The molecule has 2 heterocycles. The first kappa shape index (κ1) is 17.6. The van der Waals surface area contributed by atoms with Crippen LogP contribution < -0.4 is 5.32 Å². The molecule has 0 aromatic heterocycles. The van der Waals surface area contributed by atoms with Crippen molar-refractivity contribution in [2.24, 2.45) is 28.6 Å². The number of carbonyl (C=O) groups excluding carboxylic acids is 2. The van der Waals surface area contributed by atoms with Gasteiger partial charge < -0.3 is 19.5 Å². The smallest absolute Gasteiger partial charge is 0.207 e. The van der Waals surface area contributed by atoms with Gasteiger partial charge >= 0.3 is 0 Å². The summed E-state index contributed by atoms with van der Waals surface area (Å²) in [5, 5.41) is 2.89. The summed E-state index contributed by atoms with van der Waals surface area (Å²) in [6.07, 6.45) is 7.51. The molecule has 2 unspecified atom stereocenters. The van der Waals surface area contributed by atoms with Gasteiger partial charge in [0, 0.05) is 29.6 Å². The van der Waals surface area contributed by atoms with Crippen LogP contribution in [0.2, 0.25) is 0 Å². The average molecular weight is 387 g/mol. The number of carbonyl (C=O) groups is 2. The van der Waals surface area contributed by atoms with E-state index < -0.39 is 5.79 Å². The van der Waals surface area contributed by atoms with Crippen LogP contribution in [0.3, 0.4) is 0 Å². The van der Waals surface area contributed by atoms with E-state index in [4.69, 9.17) is 14.2 Å². The molecule has 6 rings (SSSR count). The number of amides is 1. The molecule has 1 spiro atoms. The highest BCUT2D eigenvalue weighted by Crippen LogP contribution is 2.69. The second kappa shape index (κ2) is 5.46. The van der Waals surface area contributed by atoms with Crippen molar-refractivity contribution in [3.63, 3.8) is 0 Å². The first-order chi connectivity index (χ1) is 13.4. The van der Waals surface area contributed by atoms with Crippen molar-refractivity contribution in [2.45, 2.75) is 70.0 Å². The number of hydrogen-bond donors (Lipinski definition) is 1. The van der Waals surface area contributed by atoms with Crippen molar-refractivity contribution >= 4 is 12.2 Å². The molecule has 4 aliphatic carbocycles. The van der Waals surface area contributed by atoms with E-state index >= 15 is 0 Å². The van der Waals surface area contributed by atoms with Crippen LogP contribution in [-0.2, 0) is 23.8 Å². The summed E-state index contributed by atoms with van der Waals surface area (Å²) in [7, 11) is 0. The summed E-state index contributed by atoms with van der Waals surface area (Å²) in [5.41, 5.74) is 0.851. The van der Waals surface area contributed by atoms with Crippen LogP contribution in [0.25, 0.3) is 0 Å². The molecular formula is C22H29NO5. The normalized spacial score (nSPS) is 52.9. The Labute approximate surface area is 165 Å². The van der Waals surface area contributed by atoms with Crippen LogP contribution in [0.4, 0.5) is 0 Å². The molecule has 2 aliphatic heterocycles. The highest BCUT2D eigenvalue weighted by molar-refractivity contribution is 5.85. The SMILES string of the molecule is CC12C(=C[C@H](NC=O)[C@@H]3O[C@@H]31)CC[C@@H]1[C@@H]2C(=O)CC2(C)[C@H]1CCC21OCCO1. The Morgan fingerprint density at radius 3 is 2.75 bits per heavy atom. The van der Waals surface area contributed by atoms with Gasteiger partial charge in [-0.1, -0.05) is 25.5 Å². The Hall–Kier alpha value is -1.24. The van der Waals surface area contributed by atoms with Crippen LogP contribution in [0, 0.1) is 28.6 Å². The van der Waals surface area contributed by atoms with E-state index in [1.165, 1.54) is 5.57 Å². The predicted octanol–water partition coefficient (Wildman–Crippen LogP) is 1.97. The predicted molar refractivity (Wildman–Crippen MR) is 99.1 cm³/mol. The molecule has 6 nitrogen and oxygen atoms in total. The maximum absolute atomic E-state index is 13.7. The zero-order valence-corrected chi connectivity index (χ0v) is 16.6. The quantitative estimate of drug-likeness (QED) is 0.445. The summed E-state index contributed by atoms with van der Waals surface area (Å²) in [6.45, 7) is 5.75. The van der Waals surface area contributed by atoms with E-state index in [1.54, 1.807) is 0 Å². The zero-order valence-electron chi connectivity index (χ0n) is 16.6. The summed E-state index contributed by atoms with van der Waals surface area (Å²) >= 11 is 0. The number of rotatable bonds is 2. The molecule has 6 heteroatoms. The molecule has 1 amide bonds. The number of Topliss-reactive ketones (excluding diaryl/α,β-unsaturated/α-hetero) is 1. The van der Waals surface area contributed by atoms with Gasteiger partial charge in [0.2, 0.25) is 6.41 Å². The molecule has 152 valence electrons. The van der Waals surface area contributed by atoms with Gasteiger partial charge in [-0.3, -0.25) is 9.59 Å². The second-order valence-electron chi connectivity index (χ2n) is 10.1. The molecule has 5 fully saturated rings. The Bertz CT molecular complexity index is 773. The topological polar surface area (TPSA) is 77.2 Å². The van der Waals surface area contributed by atoms with Gasteiger partial charge in [-0.15, -0.1) is 0 Å². The summed E-state index contributed by atoms with van der Waals surface area (Å²) in [5.74, 6) is 0.623. The molecule has 6 aliphatic rings. The molecule has 0 radical (unpaired) electrons. The number of hydrogen-bond acceptors (Lipinski definition) is 5. The van der Waals surface area contributed by atoms with Crippen LogP contribution in [0.15, 0.2) is 11.6 Å². The van der Waals surface area contributed by atoms with Crippen LogP contribution in [-0.4, -0.2) is 49.4 Å². The van der Waals surface area contributed by atoms with E-state index in [0.717, 1.165) is 32.1 Å². The van der Waals surface area contributed by atoms with Crippen molar-refractivity contribution in [3.05, 3.63) is 11.6 Å². The molecule has 8 atom stereocenters. The van der Waals surface area contributed by atoms with Crippen molar-refractivity contribution in [2.75, 3.05) is 13.2 Å². The van der Waals surface area contributed by atoms with Gasteiger partial charge in [-0.2, -0.15) is 0 Å². The minimum Gasteiger partial charge on any atom is -0.366 e. The van der Waals surface area contributed by atoms with E-state index in [9.17, 15) is 9.59 Å². The fourth-order valence-electron chi connectivity index (χ4n) is 8.03. The summed E-state index contributed by atoms with van der Waals surface area (Å²) in [4.78, 5) is 24.6. The first-order valence-electron chi connectivity index (χ1n) is 10.8. The molecule has 0 aromatic rings. The van der Waals surface area contributed by atoms with E-state index in [-0.39, 0.29) is 35.0 Å². The first-order valence-corrected chi connectivity index (χ1v) is 10.8. The minimum atomic E-state index is -0.556. The third kappa shape index (κ3) is 1.90. The lowest BCUT2D eigenvalue weighted by Gasteiger charge is -2.57. The molecular weight excluding hydrogens is 358 g/mol. The zero-order chi connectivity index (χ0) is 19.3. The van der Waals surface area contributed by atoms with Gasteiger partial charge in [-0.05, 0) is 31.1 Å². The third-order valence-corrected chi connectivity index (χ3v) is 9.26. The summed E-state index contributed by atoms with van der Waals surface area (Å²) < 4.78 is 18.4. The Morgan fingerprint density at radius 2 is 2.00 bits per heavy atom. The van der Waals surface area contributed by atoms with Gasteiger partial charge in [-0.25, -0.2) is 0 Å². The molecule has 0 bridgehead atoms. The van der Waals surface area contributed by atoms with Gasteiger partial charge in [0.25, 0.3) is 0 Å². The van der Waals surface area contributed by atoms with Crippen LogP contribution in [0.5, 0.6) is 0 Å². The molecule has 3 saturated carbocycles. The van der Waals surface area contributed by atoms with E-state index in [2.05, 4.69) is 25.2 Å². The number of nitrogens with one attached hydrogen (secondary N) is 1. The summed E-state index contributed by atoms with van der Waals surface area (Å²) in [6, 6.07) is -0.0545. The van der Waals surface area contributed by atoms with Crippen molar-refractivity contribution in [3.8, 4) is 0 Å². The maximum atomic E-state index is 13.7. The Morgan fingerprint density at radius 1 is 1.21 bits per heavy atom. The maximum Gasteiger partial charge on any atom is 0.207 e. The van der Waals surface area contributed by atoms with Crippen LogP contribution >= 0.6 is 0 Å². The number of fused-ring (bicyclic) bond motifs is 8. The highest BCUT2D eigenvalue weighted by Gasteiger charge is 2.72. The fraction of sp³-hybridized carbons (Fsp3) is 0.818. The number of ether oxygens (including phenoxy) is 3. The third-order valence-electron chi connectivity index (χ3n) is 9.26. The van der Waals surface area contributed by atoms with E-state index in [0.29, 0.717) is 37.3 Å². The molecule has 28 heavy (non-hydrogen) atoms. The Balaban J connectivity index is 1.38. The van der Waals surface area contributed by atoms with Crippen molar-refractivity contribution in [1.82, 2.24) is 5.32 Å².